The molecule has 0 aliphatic carbocycles. The van der Waals surface area contributed by atoms with E-state index in [1.54, 1.807) is 3.27 Å². The van der Waals surface area contributed by atoms with E-state index in [9.17, 15) is 0 Å². The summed E-state index contributed by atoms with van der Waals surface area (Å²) in [6, 6.07) is 6.62. The topological polar surface area (TPSA) is 0 Å². The van der Waals surface area contributed by atoms with Crippen LogP contribution >= 0.6 is 0 Å². The first-order valence-corrected chi connectivity index (χ1v) is 12.6. The van der Waals surface area contributed by atoms with Gasteiger partial charge in [0.25, 0.3) is 0 Å². The van der Waals surface area contributed by atoms with E-state index in [2.05, 4.69) is 41.3 Å². The van der Waals surface area contributed by atoms with Gasteiger partial charge in [-0.15, -0.1) is 0 Å². The zero-order valence-electron chi connectivity index (χ0n) is 7.68. The van der Waals surface area contributed by atoms with Crippen molar-refractivity contribution < 1.29 is 0 Å². The third-order valence-electron chi connectivity index (χ3n) is 1.89. The van der Waals surface area contributed by atoms with Crippen molar-refractivity contribution >= 4 is 25.0 Å². The molecule has 11 heavy (non-hydrogen) atoms. The molecule has 0 atom stereocenters. The minimum atomic E-state index is -1.19. The Labute approximate surface area is 77.3 Å². The fraction of sp³-hybridized carbons (Fsp3) is 0.400. The summed E-state index contributed by atoms with van der Waals surface area (Å²) in [5, 5.41) is 0. The van der Waals surface area contributed by atoms with E-state index < -0.39 is 21.8 Å². The molecule has 0 aliphatic heterocycles. The van der Waals surface area contributed by atoms with Crippen LogP contribution in [0.1, 0.15) is 11.1 Å². The van der Waals surface area contributed by atoms with Crippen molar-refractivity contribution in [3.8, 4) is 0 Å². The number of hydrogen-bond donors (Lipinski definition) is 0. The monoisotopic (exact) mass is 344 g/mol. The van der Waals surface area contributed by atoms with Crippen LogP contribution in [0.15, 0.2) is 18.2 Å². The van der Waals surface area contributed by atoms with Gasteiger partial charge in [-0.25, -0.2) is 0 Å². The molecule has 1 heteroatoms. The maximum absolute atomic E-state index is 2.45. The molecule has 0 fully saturated rings. The van der Waals surface area contributed by atoms with Gasteiger partial charge in [0, 0.05) is 0 Å². The van der Waals surface area contributed by atoms with Crippen LogP contribution in [0, 0.1) is 13.8 Å². The van der Waals surface area contributed by atoms with Crippen LogP contribution < -0.4 is 3.27 Å². The normalized spacial score (nSPS) is 10.6. The van der Waals surface area contributed by atoms with E-state index in [0.29, 0.717) is 0 Å². The first kappa shape index (κ1) is 9.19. The Balaban J connectivity index is 3.21. The average Bonchev–Trinajstić information content (AvgIpc) is 1.85. The molecular weight excluding hydrogens is 329 g/mol. The van der Waals surface area contributed by atoms with Crippen molar-refractivity contribution in [1.29, 1.82) is 0 Å². The predicted molar refractivity (Wildman–Crippen MR) is 53.0 cm³/mol. The standard InChI is InChI=1S/C8H9.2CH3.Bi/c1-7-4-3-5-8(2)6-7;;;/h3-5H,1-2H3;2*1H3;. The molecule has 0 heterocycles. The zero-order chi connectivity index (χ0) is 8.43. The van der Waals surface area contributed by atoms with Crippen molar-refractivity contribution in [2.75, 3.05) is 0 Å². The molecule has 0 unspecified atom stereocenters. The molecule has 0 N–H and O–H groups in total. The van der Waals surface area contributed by atoms with Crippen LogP contribution in [0.5, 0.6) is 0 Å². The molecule has 0 amide bonds. The molecule has 0 saturated heterocycles. The minimum absolute atomic E-state index is 1.19. The van der Waals surface area contributed by atoms with Crippen molar-refractivity contribution in [2.45, 2.75) is 23.1 Å². The first-order valence-electron chi connectivity index (χ1n) is 3.86. The molecule has 0 bridgehead atoms. The Hall–Kier alpha value is 0.103. The Morgan fingerprint density at radius 1 is 1.00 bits per heavy atom. The second-order valence-electron chi connectivity index (χ2n) is 3.13. The van der Waals surface area contributed by atoms with E-state index in [1.807, 2.05) is 0 Å². The molecular formula is C10H15Bi. The molecule has 0 aromatic heterocycles. The molecule has 1 aromatic carbocycles. The molecule has 0 aliphatic rings. The first-order chi connectivity index (χ1) is 5.13. The van der Waals surface area contributed by atoms with Gasteiger partial charge in [0.15, 0.2) is 0 Å². The van der Waals surface area contributed by atoms with E-state index in [4.69, 9.17) is 0 Å². The predicted octanol–water partition coefficient (Wildman–Crippen LogP) is 2.26. The van der Waals surface area contributed by atoms with E-state index in [0.717, 1.165) is 0 Å². The Kier molecular flexibility index (Phi) is 3.07. The van der Waals surface area contributed by atoms with Crippen molar-refractivity contribution in [3.05, 3.63) is 29.3 Å². The number of benzene rings is 1. The van der Waals surface area contributed by atoms with Gasteiger partial charge in [-0.1, -0.05) is 0 Å². The summed E-state index contributed by atoms with van der Waals surface area (Å²) in [5.41, 5.74) is 3.01. The van der Waals surface area contributed by atoms with E-state index >= 15 is 0 Å². The van der Waals surface area contributed by atoms with Crippen LogP contribution in [0.4, 0.5) is 0 Å². The third-order valence-corrected chi connectivity index (χ3v) is 8.11. The second kappa shape index (κ2) is 3.67. The van der Waals surface area contributed by atoms with Crippen LogP contribution in [0.2, 0.25) is 9.26 Å². The van der Waals surface area contributed by atoms with Crippen molar-refractivity contribution in [1.82, 2.24) is 0 Å². The van der Waals surface area contributed by atoms with Crippen molar-refractivity contribution in [2.24, 2.45) is 0 Å². The number of rotatable bonds is 1. The Morgan fingerprint density at radius 3 is 1.73 bits per heavy atom. The van der Waals surface area contributed by atoms with E-state index in [-0.39, 0.29) is 0 Å². The summed E-state index contributed by atoms with van der Waals surface area (Å²) in [6.07, 6.45) is 0. The van der Waals surface area contributed by atoms with Gasteiger partial charge in [0.1, 0.15) is 0 Å². The Bertz CT molecular complexity index is 231. The SMILES string of the molecule is Cc1cccc(C)[c]1[Bi]([CH3])[CH3]. The molecule has 0 spiro atoms. The molecule has 0 nitrogen and oxygen atoms in total. The molecule has 1 aromatic rings. The molecule has 60 valence electrons. The van der Waals surface area contributed by atoms with Gasteiger partial charge in [-0.3, -0.25) is 0 Å². The average molecular weight is 344 g/mol. The quantitative estimate of drug-likeness (QED) is 0.686. The summed E-state index contributed by atoms with van der Waals surface area (Å²) in [7, 11) is 0. The summed E-state index contributed by atoms with van der Waals surface area (Å²) in [5.74, 6) is 0. The summed E-state index contributed by atoms with van der Waals surface area (Å²) in [4.78, 5) is 0. The number of aryl methyl sites for hydroxylation is 2. The van der Waals surface area contributed by atoms with Crippen LogP contribution in [0.25, 0.3) is 0 Å². The summed E-state index contributed by atoms with van der Waals surface area (Å²) < 4.78 is 6.61. The zero-order valence-corrected chi connectivity index (χ0v) is 11.2. The van der Waals surface area contributed by atoms with Gasteiger partial charge in [0.05, 0.1) is 0 Å². The van der Waals surface area contributed by atoms with Gasteiger partial charge in [-0.2, -0.15) is 0 Å². The van der Waals surface area contributed by atoms with Crippen LogP contribution in [-0.2, 0) is 0 Å². The molecule has 0 radical (unpaired) electrons. The number of hydrogen-bond acceptors (Lipinski definition) is 0. The summed E-state index contributed by atoms with van der Waals surface area (Å²) >= 11 is -1.19. The second-order valence-corrected chi connectivity index (χ2v) is 11.8. The fourth-order valence-corrected chi connectivity index (χ4v) is 7.58. The van der Waals surface area contributed by atoms with Crippen LogP contribution in [0.3, 0.4) is 0 Å². The third kappa shape index (κ3) is 2.02. The fourth-order valence-electron chi connectivity index (χ4n) is 1.51. The molecule has 0 saturated carbocycles. The Morgan fingerprint density at radius 2 is 1.45 bits per heavy atom. The van der Waals surface area contributed by atoms with Gasteiger partial charge in [0.2, 0.25) is 0 Å². The summed E-state index contributed by atoms with van der Waals surface area (Å²) in [6.45, 7) is 4.47. The maximum atomic E-state index is 2.45. The van der Waals surface area contributed by atoms with Crippen LogP contribution in [-0.4, -0.2) is 21.8 Å². The van der Waals surface area contributed by atoms with Crippen molar-refractivity contribution in [3.63, 3.8) is 0 Å². The van der Waals surface area contributed by atoms with Gasteiger partial charge >= 0.3 is 77.5 Å². The van der Waals surface area contributed by atoms with E-state index in [1.165, 1.54) is 11.1 Å². The molecule has 1 rings (SSSR count). The van der Waals surface area contributed by atoms with Gasteiger partial charge in [-0.05, 0) is 0 Å². The van der Waals surface area contributed by atoms with Gasteiger partial charge < -0.3 is 0 Å².